The van der Waals surface area contributed by atoms with Gasteiger partial charge in [0.1, 0.15) is 24.6 Å². The van der Waals surface area contributed by atoms with E-state index in [4.69, 9.17) is 9.47 Å². The third kappa shape index (κ3) is 2.66. The minimum Gasteiger partial charge on any atom is -0.474 e. The lowest BCUT2D eigenvalue weighted by Gasteiger charge is -2.04. The van der Waals surface area contributed by atoms with Crippen LogP contribution in [-0.4, -0.2) is 42.1 Å². The Morgan fingerprint density at radius 1 is 1.10 bits per heavy atom. The average molecular weight is 273 g/mol. The topological polar surface area (TPSA) is 56.1 Å². The van der Waals surface area contributed by atoms with Crippen LogP contribution >= 0.6 is 0 Å². The van der Waals surface area contributed by atoms with E-state index in [2.05, 4.69) is 21.9 Å². The molecule has 5 nitrogen and oxygen atoms in total. The molecule has 3 heterocycles. The number of hydrogen-bond donors (Lipinski definition) is 0. The fourth-order valence-electron chi connectivity index (χ4n) is 2.32. The number of pyridine rings is 1. The van der Waals surface area contributed by atoms with Crippen LogP contribution in [0.5, 0.6) is 0 Å². The molecule has 2 atom stereocenters. The molecule has 20 heavy (non-hydrogen) atoms. The van der Waals surface area contributed by atoms with Gasteiger partial charge >= 0.3 is 0 Å². The van der Waals surface area contributed by atoms with Crippen LogP contribution in [0.3, 0.4) is 0 Å². The fraction of sp³-hybridized carbons (Fsp3) is 0.533. The van der Waals surface area contributed by atoms with Crippen molar-refractivity contribution >= 4 is 11.8 Å². The molecule has 0 radical (unpaired) electrons. The summed E-state index contributed by atoms with van der Waals surface area (Å²) in [6, 6.07) is 6.21. The Morgan fingerprint density at radius 3 is 2.45 bits per heavy atom. The average Bonchev–Trinajstić information content (AvgIpc) is 3.09. The first-order valence-electron chi connectivity index (χ1n) is 7.15. The van der Waals surface area contributed by atoms with Crippen molar-refractivity contribution in [3.63, 3.8) is 0 Å². The van der Waals surface area contributed by atoms with Gasteiger partial charge in [0.05, 0.1) is 12.1 Å². The normalized spacial score (nSPS) is 24.9. The van der Waals surface area contributed by atoms with Crippen molar-refractivity contribution in [2.24, 2.45) is 9.98 Å². The highest BCUT2D eigenvalue weighted by molar-refractivity contribution is 5.97. The minimum atomic E-state index is 0.199. The summed E-state index contributed by atoms with van der Waals surface area (Å²) < 4.78 is 11.2. The predicted octanol–water partition coefficient (Wildman–Crippen LogP) is 2.19. The van der Waals surface area contributed by atoms with Gasteiger partial charge in [0.2, 0.25) is 11.8 Å². The zero-order valence-electron chi connectivity index (χ0n) is 11.9. The summed E-state index contributed by atoms with van der Waals surface area (Å²) in [5.74, 6) is 1.25. The Balaban J connectivity index is 1.82. The molecule has 0 aromatic carbocycles. The van der Waals surface area contributed by atoms with Crippen LogP contribution in [0.1, 0.15) is 38.1 Å². The van der Waals surface area contributed by atoms with Gasteiger partial charge in [0, 0.05) is 0 Å². The van der Waals surface area contributed by atoms with Gasteiger partial charge in [0.15, 0.2) is 0 Å². The third-order valence-corrected chi connectivity index (χ3v) is 3.32. The highest BCUT2D eigenvalue weighted by Gasteiger charge is 2.22. The van der Waals surface area contributed by atoms with Crippen LogP contribution in [0.25, 0.3) is 0 Å². The van der Waals surface area contributed by atoms with Crippen LogP contribution in [0.2, 0.25) is 0 Å². The first-order chi connectivity index (χ1) is 9.76. The van der Waals surface area contributed by atoms with Crippen LogP contribution < -0.4 is 0 Å². The van der Waals surface area contributed by atoms with Gasteiger partial charge in [-0.05, 0) is 25.5 Å². The minimum absolute atomic E-state index is 0.199. The highest BCUT2D eigenvalue weighted by Crippen LogP contribution is 2.16. The number of nitrogens with zero attached hydrogens (tertiary/aromatic N) is 3. The van der Waals surface area contributed by atoms with Crippen LogP contribution in [-0.2, 0) is 9.47 Å². The van der Waals surface area contributed by atoms with E-state index in [0.29, 0.717) is 25.0 Å². The molecule has 0 fully saturated rings. The maximum Gasteiger partial charge on any atom is 0.235 e. The molecule has 1 unspecified atom stereocenters. The van der Waals surface area contributed by atoms with E-state index in [0.717, 1.165) is 24.2 Å². The Kier molecular flexibility index (Phi) is 3.67. The first-order valence-corrected chi connectivity index (χ1v) is 7.15. The molecule has 0 N–H and O–H groups in total. The predicted molar refractivity (Wildman–Crippen MR) is 77.4 cm³/mol. The monoisotopic (exact) mass is 273 g/mol. The molecule has 0 amide bonds. The van der Waals surface area contributed by atoms with E-state index in [-0.39, 0.29) is 12.1 Å². The molecule has 0 saturated carbocycles. The fourth-order valence-corrected chi connectivity index (χ4v) is 2.32. The quantitative estimate of drug-likeness (QED) is 0.845. The molecule has 5 heteroatoms. The Labute approximate surface area is 118 Å². The van der Waals surface area contributed by atoms with Crippen molar-refractivity contribution in [2.45, 2.75) is 38.8 Å². The molecule has 0 bridgehead atoms. The molecule has 0 saturated heterocycles. The summed E-state index contributed by atoms with van der Waals surface area (Å²) in [5, 5.41) is 0. The van der Waals surface area contributed by atoms with Gasteiger partial charge in [-0.1, -0.05) is 19.4 Å². The van der Waals surface area contributed by atoms with Crippen molar-refractivity contribution in [1.82, 2.24) is 4.98 Å². The van der Waals surface area contributed by atoms with E-state index in [1.165, 1.54) is 0 Å². The molecule has 1 aromatic heterocycles. The molecule has 3 rings (SSSR count). The maximum atomic E-state index is 5.65. The highest BCUT2D eigenvalue weighted by atomic mass is 16.5. The molecule has 2 aliphatic heterocycles. The zero-order chi connectivity index (χ0) is 13.9. The van der Waals surface area contributed by atoms with Crippen LogP contribution in [0, 0.1) is 0 Å². The number of aliphatic imine (C=N–C) groups is 2. The van der Waals surface area contributed by atoms with Crippen molar-refractivity contribution in [2.75, 3.05) is 13.2 Å². The van der Waals surface area contributed by atoms with Crippen LogP contribution in [0.4, 0.5) is 0 Å². The van der Waals surface area contributed by atoms with Gasteiger partial charge in [-0.25, -0.2) is 15.0 Å². The summed E-state index contributed by atoms with van der Waals surface area (Å²) in [5.41, 5.74) is 1.50. The van der Waals surface area contributed by atoms with E-state index in [1.54, 1.807) is 0 Å². The second-order valence-corrected chi connectivity index (χ2v) is 5.19. The lowest BCUT2D eigenvalue weighted by atomic mass is 10.2. The zero-order valence-corrected chi connectivity index (χ0v) is 11.9. The van der Waals surface area contributed by atoms with Crippen molar-refractivity contribution in [1.29, 1.82) is 0 Å². The number of hydrogen-bond acceptors (Lipinski definition) is 5. The largest absolute Gasteiger partial charge is 0.474 e. The maximum absolute atomic E-state index is 5.65. The van der Waals surface area contributed by atoms with E-state index >= 15 is 0 Å². The Morgan fingerprint density at radius 2 is 1.80 bits per heavy atom. The van der Waals surface area contributed by atoms with E-state index < -0.39 is 0 Å². The number of rotatable bonds is 4. The number of ether oxygens (including phenoxy) is 2. The summed E-state index contributed by atoms with van der Waals surface area (Å²) in [6.07, 6.45) is 2.16. The van der Waals surface area contributed by atoms with Crippen LogP contribution in [0.15, 0.2) is 28.2 Å². The van der Waals surface area contributed by atoms with Gasteiger partial charge in [0.25, 0.3) is 0 Å². The molecule has 106 valence electrons. The van der Waals surface area contributed by atoms with Crippen molar-refractivity contribution in [3.05, 3.63) is 29.6 Å². The molecule has 0 spiro atoms. The SMILES string of the molecule is CCCC1COC(c2cccc(C3=N[C@@H](C)CO3)n2)=N1. The van der Waals surface area contributed by atoms with Crippen molar-refractivity contribution < 1.29 is 9.47 Å². The lowest BCUT2D eigenvalue weighted by Crippen LogP contribution is -2.10. The number of aromatic nitrogens is 1. The van der Waals surface area contributed by atoms with Gasteiger partial charge in [-0.3, -0.25) is 0 Å². The lowest BCUT2D eigenvalue weighted by molar-refractivity contribution is 0.310. The second kappa shape index (κ2) is 5.61. The Hall–Kier alpha value is -1.91. The van der Waals surface area contributed by atoms with E-state index in [1.807, 2.05) is 25.1 Å². The molecule has 1 aromatic rings. The summed E-state index contributed by atoms with van der Waals surface area (Å²) in [7, 11) is 0. The standard InChI is InChI=1S/C15H19N3O2/c1-3-5-11-9-20-15(17-11)13-7-4-6-12(18-13)14-16-10(2)8-19-14/h4,6-7,10-11H,3,5,8-9H2,1-2H3/t10-,11?/m0/s1. The molecule has 2 aliphatic rings. The smallest absolute Gasteiger partial charge is 0.235 e. The summed E-state index contributed by atoms with van der Waals surface area (Å²) in [6.45, 7) is 5.46. The van der Waals surface area contributed by atoms with Gasteiger partial charge in [-0.15, -0.1) is 0 Å². The van der Waals surface area contributed by atoms with E-state index in [9.17, 15) is 0 Å². The van der Waals surface area contributed by atoms with Crippen molar-refractivity contribution in [3.8, 4) is 0 Å². The third-order valence-electron chi connectivity index (χ3n) is 3.32. The summed E-state index contributed by atoms with van der Waals surface area (Å²) >= 11 is 0. The Bertz CT molecular complexity index is 554. The molecular formula is C15H19N3O2. The van der Waals surface area contributed by atoms with Gasteiger partial charge in [-0.2, -0.15) is 0 Å². The molecule has 0 aliphatic carbocycles. The summed E-state index contributed by atoms with van der Waals surface area (Å²) in [4.78, 5) is 13.6. The first kappa shape index (κ1) is 13.1. The second-order valence-electron chi connectivity index (χ2n) is 5.19. The molecular weight excluding hydrogens is 254 g/mol. The van der Waals surface area contributed by atoms with Gasteiger partial charge < -0.3 is 9.47 Å².